The summed E-state index contributed by atoms with van der Waals surface area (Å²) in [5, 5.41) is 22.4. The molecule has 1 aromatic heterocycles. The number of aliphatic hydroxyl groups is 1. The number of hydrogen-bond donors (Lipinski definition) is 1. The van der Waals surface area contributed by atoms with Crippen molar-refractivity contribution >= 4 is 22.3 Å². The zero-order valence-corrected chi connectivity index (χ0v) is 11.8. The van der Waals surface area contributed by atoms with Gasteiger partial charge in [0.25, 0.3) is 0 Å². The number of anilines is 1. The number of β-amino-alcohol motifs (C(OH)–C–C–N with tert-alkyl or cyclic N) is 1. The van der Waals surface area contributed by atoms with Gasteiger partial charge < -0.3 is 10.0 Å². The van der Waals surface area contributed by atoms with Crippen molar-refractivity contribution in [1.82, 2.24) is 4.98 Å². The second-order valence-corrected chi connectivity index (χ2v) is 5.79. The van der Waals surface area contributed by atoms with Gasteiger partial charge in [-0.15, -0.1) is 0 Å². The van der Waals surface area contributed by atoms with Crippen molar-refractivity contribution in [2.45, 2.75) is 25.4 Å². The molecule has 1 saturated heterocycles. The van der Waals surface area contributed by atoms with Crippen molar-refractivity contribution in [3.8, 4) is 0 Å². The van der Waals surface area contributed by atoms with Gasteiger partial charge in [-0.1, -0.05) is 18.2 Å². The van der Waals surface area contributed by atoms with Gasteiger partial charge in [-0.25, -0.2) is 4.98 Å². The zero-order valence-electron chi connectivity index (χ0n) is 11.8. The molecule has 1 aromatic carbocycles. The Morgan fingerprint density at radius 1 is 1.43 bits per heavy atom. The van der Waals surface area contributed by atoms with Crippen LogP contribution in [0.1, 0.15) is 19.8 Å². The van der Waals surface area contributed by atoms with Gasteiger partial charge in [0.2, 0.25) is 0 Å². The highest BCUT2D eigenvalue weighted by molar-refractivity contribution is 5.96. The molecule has 1 aliphatic rings. The quantitative estimate of drug-likeness (QED) is 0.678. The Morgan fingerprint density at radius 2 is 2.19 bits per heavy atom. The van der Waals surface area contributed by atoms with Crippen molar-refractivity contribution in [3.05, 3.63) is 40.6 Å². The second-order valence-electron chi connectivity index (χ2n) is 5.79. The molecule has 0 saturated carbocycles. The average molecular weight is 287 g/mol. The van der Waals surface area contributed by atoms with Crippen LogP contribution in [0.15, 0.2) is 30.5 Å². The number of para-hydroxylation sites is 1. The van der Waals surface area contributed by atoms with Crippen molar-refractivity contribution < 1.29 is 10.0 Å². The molecule has 0 spiro atoms. The molecule has 6 heteroatoms. The fraction of sp³-hybridized carbons (Fsp3) is 0.400. The summed E-state index contributed by atoms with van der Waals surface area (Å²) >= 11 is 0. The van der Waals surface area contributed by atoms with E-state index in [0.717, 1.165) is 17.3 Å². The van der Waals surface area contributed by atoms with Crippen molar-refractivity contribution in [2.75, 3.05) is 18.0 Å². The summed E-state index contributed by atoms with van der Waals surface area (Å²) in [5.41, 5.74) is 0.455. The number of pyridine rings is 1. The van der Waals surface area contributed by atoms with E-state index in [1.165, 1.54) is 6.20 Å². The Bertz CT molecular complexity index is 700. The van der Waals surface area contributed by atoms with Crippen LogP contribution >= 0.6 is 0 Å². The molecule has 0 amide bonds. The minimum Gasteiger partial charge on any atom is -0.388 e. The number of aromatic nitrogens is 1. The maximum absolute atomic E-state index is 11.3. The summed E-state index contributed by atoms with van der Waals surface area (Å²) < 4.78 is 0. The Balaban J connectivity index is 2.18. The van der Waals surface area contributed by atoms with E-state index >= 15 is 0 Å². The van der Waals surface area contributed by atoms with E-state index in [9.17, 15) is 15.2 Å². The number of benzene rings is 1. The maximum atomic E-state index is 11.3. The molecule has 0 radical (unpaired) electrons. The van der Waals surface area contributed by atoms with Crippen LogP contribution in [0.25, 0.3) is 10.9 Å². The summed E-state index contributed by atoms with van der Waals surface area (Å²) in [7, 11) is 0. The number of fused-ring (bicyclic) bond motifs is 1. The number of rotatable bonds is 2. The lowest BCUT2D eigenvalue weighted by atomic mass is 9.94. The maximum Gasteiger partial charge on any atom is 0.311 e. The molecule has 1 atom stereocenters. The first-order valence-corrected chi connectivity index (χ1v) is 6.97. The lowest BCUT2D eigenvalue weighted by Gasteiger charge is -2.38. The Kier molecular flexibility index (Phi) is 3.25. The van der Waals surface area contributed by atoms with E-state index in [1.54, 1.807) is 6.92 Å². The summed E-state index contributed by atoms with van der Waals surface area (Å²) in [6.45, 7) is 2.86. The van der Waals surface area contributed by atoms with Crippen LogP contribution in [0.5, 0.6) is 0 Å². The molecule has 1 N–H and O–H groups in total. The topological polar surface area (TPSA) is 79.5 Å². The summed E-state index contributed by atoms with van der Waals surface area (Å²) in [5.74, 6) is 0. The van der Waals surface area contributed by atoms with Gasteiger partial charge in [0.1, 0.15) is 11.9 Å². The number of hydrogen-bond acceptors (Lipinski definition) is 5. The normalized spacial score (nSPS) is 22.5. The minimum absolute atomic E-state index is 0.00796. The number of piperidine rings is 1. The van der Waals surface area contributed by atoms with Crippen LogP contribution in [-0.4, -0.2) is 33.7 Å². The third kappa shape index (κ3) is 2.54. The van der Waals surface area contributed by atoms with Crippen LogP contribution in [-0.2, 0) is 0 Å². The standard InChI is InChI=1S/C15H17N3O3/c1-15(19)7-4-8-17(10-15)14-11-5-2-3-6-12(11)16-9-13(14)18(20)21/h2-3,5-6,9,19H,4,7-8,10H2,1H3. The average Bonchev–Trinajstić information content (AvgIpc) is 2.44. The number of nitro groups is 1. The molecule has 3 rings (SSSR count). The van der Waals surface area contributed by atoms with E-state index in [0.29, 0.717) is 25.2 Å². The molecule has 21 heavy (non-hydrogen) atoms. The Labute approximate surface area is 122 Å². The smallest absolute Gasteiger partial charge is 0.311 e. The molecular formula is C15H17N3O3. The predicted octanol–water partition coefficient (Wildman–Crippen LogP) is 2.49. The molecule has 2 aromatic rings. The van der Waals surface area contributed by atoms with Crippen molar-refractivity contribution in [2.24, 2.45) is 0 Å². The van der Waals surface area contributed by atoms with Crippen LogP contribution in [0.2, 0.25) is 0 Å². The molecular weight excluding hydrogens is 270 g/mol. The van der Waals surface area contributed by atoms with Crippen LogP contribution in [0, 0.1) is 10.1 Å². The van der Waals surface area contributed by atoms with E-state index in [-0.39, 0.29) is 5.69 Å². The first-order chi connectivity index (χ1) is 9.98. The third-order valence-electron chi connectivity index (χ3n) is 3.92. The summed E-state index contributed by atoms with van der Waals surface area (Å²) in [6.07, 6.45) is 2.82. The SMILES string of the molecule is CC1(O)CCCN(c2c([N+](=O)[O-])cnc3ccccc23)C1. The molecule has 110 valence electrons. The van der Waals surface area contributed by atoms with Crippen molar-refractivity contribution in [3.63, 3.8) is 0 Å². The fourth-order valence-electron chi connectivity index (χ4n) is 2.99. The largest absolute Gasteiger partial charge is 0.388 e. The van der Waals surface area contributed by atoms with Gasteiger partial charge in [0, 0.05) is 18.5 Å². The predicted molar refractivity (Wildman–Crippen MR) is 80.5 cm³/mol. The van der Waals surface area contributed by atoms with E-state index in [1.807, 2.05) is 29.2 Å². The zero-order chi connectivity index (χ0) is 15.0. The second kappa shape index (κ2) is 4.96. The molecule has 6 nitrogen and oxygen atoms in total. The summed E-state index contributed by atoms with van der Waals surface area (Å²) in [6, 6.07) is 7.38. The molecule has 1 fully saturated rings. The Hall–Kier alpha value is -2.21. The van der Waals surface area contributed by atoms with Gasteiger partial charge >= 0.3 is 5.69 Å². The lowest BCUT2D eigenvalue weighted by molar-refractivity contribution is -0.384. The van der Waals surface area contributed by atoms with Gasteiger partial charge in [-0.05, 0) is 25.8 Å². The van der Waals surface area contributed by atoms with Gasteiger partial charge in [-0.3, -0.25) is 10.1 Å². The van der Waals surface area contributed by atoms with Gasteiger partial charge in [-0.2, -0.15) is 0 Å². The van der Waals surface area contributed by atoms with Crippen molar-refractivity contribution in [1.29, 1.82) is 0 Å². The van der Waals surface area contributed by atoms with Crippen LogP contribution < -0.4 is 4.90 Å². The summed E-state index contributed by atoms with van der Waals surface area (Å²) in [4.78, 5) is 17.0. The Morgan fingerprint density at radius 3 is 2.90 bits per heavy atom. The highest BCUT2D eigenvalue weighted by atomic mass is 16.6. The monoisotopic (exact) mass is 287 g/mol. The first-order valence-electron chi connectivity index (χ1n) is 6.97. The first kappa shape index (κ1) is 13.8. The van der Waals surface area contributed by atoms with E-state index < -0.39 is 10.5 Å². The number of nitrogens with zero attached hydrogens (tertiary/aromatic N) is 3. The van der Waals surface area contributed by atoms with E-state index in [2.05, 4.69) is 4.98 Å². The van der Waals surface area contributed by atoms with Crippen LogP contribution in [0.3, 0.4) is 0 Å². The highest BCUT2D eigenvalue weighted by Crippen LogP contribution is 2.37. The van der Waals surface area contributed by atoms with E-state index in [4.69, 9.17) is 0 Å². The molecule has 0 aliphatic carbocycles. The van der Waals surface area contributed by atoms with Gasteiger partial charge in [0.05, 0.1) is 16.0 Å². The molecule has 0 bridgehead atoms. The van der Waals surface area contributed by atoms with Gasteiger partial charge in [0.15, 0.2) is 0 Å². The molecule has 1 aliphatic heterocycles. The third-order valence-corrected chi connectivity index (χ3v) is 3.92. The molecule has 2 heterocycles. The molecule has 1 unspecified atom stereocenters. The fourth-order valence-corrected chi connectivity index (χ4v) is 2.99. The lowest BCUT2D eigenvalue weighted by Crippen LogP contribution is -2.46. The van der Waals surface area contributed by atoms with Crippen LogP contribution in [0.4, 0.5) is 11.4 Å². The minimum atomic E-state index is -0.823. The highest BCUT2D eigenvalue weighted by Gasteiger charge is 2.32.